The van der Waals surface area contributed by atoms with Gasteiger partial charge in [0, 0.05) is 22.8 Å². The number of aromatic nitrogens is 3. The largest absolute Gasteiger partial charge is 0.346 e. The van der Waals surface area contributed by atoms with Crippen LogP contribution in [-0.2, 0) is 10.2 Å². The maximum atomic E-state index is 12.7. The number of pyridine rings is 1. The molecule has 2 N–H and O–H groups in total. The predicted octanol–water partition coefficient (Wildman–Crippen LogP) is 9.21. The minimum absolute atomic E-state index is 0.181. The number of nitrogens with one attached hydrogen (secondary N) is 2. The lowest BCUT2D eigenvalue weighted by Crippen LogP contribution is -2.29. The summed E-state index contributed by atoms with van der Waals surface area (Å²) in [5.41, 5.74) is 7.56. The first-order chi connectivity index (χ1) is 23.2. The highest BCUT2D eigenvalue weighted by atomic mass is 32.1. The number of benzene rings is 1. The van der Waals surface area contributed by atoms with E-state index in [9.17, 15) is 14.5 Å². The number of carbonyl (C=O) groups is 2. The Hall–Kier alpha value is -4.44. The van der Waals surface area contributed by atoms with Crippen molar-refractivity contribution in [1.82, 2.24) is 20.0 Å². The van der Waals surface area contributed by atoms with Gasteiger partial charge in [-0.15, -0.1) is 11.3 Å². The smallest absolute Gasteiger partial charge is 0.253 e. The summed E-state index contributed by atoms with van der Waals surface area (Å²) in [6.45, 7) is 15.0. The highest BCUT2D eigenvalue weighted by molar-refractivity contribution is 7.14. The quantitative estimate of drug-likeness (QED) is 0.161. The van der Waals surface area contributed by atoms with Crippen LogP contribution in [0.3, 0.4) is 0 Å². The lowest BCUT2D eigenvalue weighted by atomic mass is 9.90. The van der Waals surface area contributed by atoms with Crippen molar-refractivity contribution in [3.63, 3.8) is 0 Å². The van der Waals surface area contributed by atoms with E-state index in [1.165, 1.54) is 41.3 Å². The van der Waals surface area contributed by atoms with Gasteiger partial charge >= 0.3 is 0 Å². The zero-order valence-electron chi connectivity index (χ0n) is 30.2. The first-order valence-electron chi connectivity index (χ1n) is 17.1. The molecule has 0 radical (unpaired) electrons. The van der Waals surface area contributed by atoms with Crippen LogP contribution in [0, 0.1) is 10.3 Å². The molecule has 3 aromatic heterocycles. The first kappa shape index (κ1) is 37.4. The lowest BCUT2D eigenvalue weighted by molar-refractivity contribution is -0.578. The molecule has 1 aromatic carbocycles. The third-order valence-corrected chi connectivity index (χ3v) is 8.76. The summed E-state index contributed by atoms with van der Waals surface area (Å²) in [4.78, 5) is 46.4. The molecule has 0 aliphatic heterocycles. The Kier molecular flexibility index (Phi) is 12.4. The fourth-order valence-electron chi connectivity index (χ4n) is 5.11. The van der Waals surface area contributed by atoms with E-state index in [0.717, 1.165) is 71.0 Å². The number of nitrogens with zero attached hydrogens (tertiary/aromatic N) is 4. The van der Waals surface area contributed by atoms with Crippen LogP contribution in [0.5, 0.6) is 0 Å². The summed E-state index contributed by atoms with van der Waals surface area (Å²) in [5.74, 6) is -0.0583. The van der Waals surface area contributed by atoms with Crippen LogP contribution in [0.4, 0.5) is 5.13 Å². The number of anilines is 1. The number of hydrogen-bond donors (Lipinski definition) is 2. The summed E-state index contributed by atoms with van der Waals surface area (Å²) < 4.78 is 1.31. The van der Waals surface area contributed by atoms with Gasteiger partial charge in [-0.2, -0.15) is 0 Å². The molecule has 3 heterocycles. The minimum Gasteiger partial charge on any atom is -0.346 e. The highest BCUT2D eigenvalue weighted by Crippen LogP contribution is 2.48. The zero-order chi connectivity index (χ0) is 35.8. The second-order valence-corrected chi connectivity index (χ2v) is 15.2. The van der Waals surface area contributed by atoms with Gasteiger partial charge in [-0.3, -0.25) is 14.6 Å². The van der Waals surface area contributed by atoms with Gasteiger partial charge in [-0.25, -0.2) is 4.98 Å². The number of thiazole rings is 1. The molecule has 0 saturated heterocycles. The number of carbonyl (C=O) groups excluding carboxylic acids is 2. The topological polar surface area (TPSA) is 109 Å². The lowest BCUT2D eigenvalue weighted by Gasteiger charge is -2.22. The average Bonchev–Trinajstić information content (AvgIpc) is 3.45. The van der Waals surface area contributed by atoms with Gasteiger partial charge in [0.2, 0.25) is 7.05 Å². The second-order valence-electron chi connectivity index (χ2n) is 14.4. The van der Waals surface area contributed by atoms with Gasteiger partial charge in [0.1, 0.15) is 10.7 Å². The van der Waals surface area contributed by atoms with E-state index >= 15 is 0 Å². The van der Waals surface area contributed by atoms with Crippen molar-refractivity contribution in [3.05, 3.63) is 93.9 Å². The van der Waals surface area contributed by atoms with Crippen molar-refractivity contribution >= 4 is 28.2 Å². The number of ketones is 1. The molecule has 0 atom stereocenters. The molecule has 1 amide bonds. The third-order valence-electron chi connectivity index (χ3n) is 8.00. The van der Waals surface area contributed by atoms with Crippen molar-refractivity contribution in [1.29, 1.82) is 0 Å². The number of allylic oxidation sites excluding steroid dienone is 1. The van der Waals surface area contributed by atoms with Crippen molar-refractivity contribution in [2.75, 3.05) is 18.9 Å². The molecule has 10 heteroatoms. The van der Waals surface area contributed by atoms with E-state index in [4.69, 9.17) is 4.98 Å². The summed E-state index contributed by atoms with van der Waals surface area (Å²) in [6, 6.07) is 13.9. The minimum atomic E-state index is -0.409. The molecule has 2 aliphatic carbocycles. The second kappa shape index (κ2) is 16.3. The van der Waals surface area contributed by atoms with Crippen molar-refractivity contribution in [3.8, 4) is 22.4 Å². The number of amides is 1. The number of nitroso groups, excluding NO2 is 1. The molecule has 2 saturated carbocycles. The van der Waals surface area contributed by atoms with Crippen molar-refractivity contribution < 1.29 is 14.5 Å². The van der Waals surface area contributed by atoms with Crippen LogP contribution in [0.25, 0.3) is 22.4 Å². The Bertz CT molecular complexity index is 1800. The molecule has 2 aliphatic rings. The average molecular weight is 684 g/mol. The maximum absolute atomic E-state index is 12.7. The van der Waals surface area contributed by atoms with Crippen LogP contribution < -0.4 is 10.6 Å². The molecule has 6 rings (SSSR count). The summed E-state index contributed by atoms with van der Waals surface area (Å²) >= 11 is 1.52. The Balaban J connectivity index is 0.000000612. The molecule has 0 unspecified atom stereocenters. The number of rotatable bonds is 10. The Labute approximate surface area is 294 Å². The molecule has 260 valence electrons. The Morgan fingerprint density at radius 1 is 1.02 bits per heavy atom. The first-order valence-corrected chi connectivity index (χ1v) is 18.0. The van der Waals surface area contributed by atoms with E-state index in [2.05, 4.69) is 69.3 Å². The normalized spacial score (nSPS) is 14.2. The fraction of sp³-hybridized carbons (Fsp3) is 0.436. The van der Waals surface area contributed by atoms with Crippen LogP contribution in [0.15, 0.2) is 77.7 Å². The highest BCUT2D eigenvalue weighted by Gasteiger charge is 2.50. The summed E-state index contributed by atoms with van der Waals surface area (Å²) in [5, 5.41) is 9.21. The monoisotopic (exact) mass is 683 g/mol. The van der Waals surface area contributed by atoms with Gasteiger partial charge < -0.3 is 10.6 Å². The number of Topliss-reactive ketones (excluding diaryl/α,β-unsaturated/α-hetero) is 1. The van der Waals surface area contributed by atoms with Gasteiger partial charge in [-0.05, 0) is 85.4 Å². The van der Waals surface area contributed by atoms with E-state index < -0.39 is 5.41 Å². The Morgan fingerprint density at radius 3 is 2.24 bits per heavy atom. The summed E-state index contributed by atoms with van der Waals surface area (Å²) in [7, 11) is 1.37. The van der Waals surface area contributed by atoms with E-state index in [-0.39, 0.29) is 11.7 Å². The predicted molar refractivity (Wildman–Crippen MR) is 200 cm³/mol. The zero-order valence-corrected chi connectivity index (χ0v) is 31.0. The van der Waals surface area contributed by atoms with Crippen LogP contribution in [0.1, 0.15) is 103 Å². The molecule has 4 aromatic rings. The van der Waals surface area contributed by atoms with Gasteiger partial charge in [0.25, 0.3) is 5.91 Å². The van der Waals surface area contributed by atoms with Crippen LogP contribution in [-0.4, -0.2) is 44.8 Å². The SMILES string of the molecule is CC(=O)C1(c2cc(-c3cccc(-c4csc(NC(CNC(=O)c5ccn([N+](C)=O)c5)=C5CCC5)n4)c3)ccn2)CC1.CC(C)(C)C.CCC. The van der Waals surface area contributed by atoms with E-state index in [0.29, 0.717) is 22.4 Å². The van der Waals surface area contributed by atoms with Gasteiger partial charge in [0.15, 0.2) is 5.13 Å². The van der Waals surface area contributed by atoms with Crippen LogP contribution in [0.2, 0.25) is 0 Å². The molecule has 0 bridgehead atoms. The molecular weight excluding hydrogens is 633 g/mol. The molecule has 49 heavy (non-hydrogen) atoms. The Morgan fingerprint density at radius 2 is 1.67 bits per heavy atom. The maximum Gasteiger partial charge on any atom is 0.253 e. The molecule has 0 spiro atoms. The van der Waals surface area contributed by atoms with E-state index in [1.807, 2.05) is 29.6 Å². The van der Waals surface area contributed by atoms with E-state index in [1.54, 1.807) is 25.4 Å². The van der Waals surface area contributed by atoms with Crippen molar-refractivity contribution in [2.45, 2.75) is 92.4 Å². The molecule has 2 fully saturated rings. The fourth-order valence-corrected chi connectivity index (χ4v) is 5.86. The molecular formula is C39H51N6O3S+. The van der Waals surface area contributed by atoms with Crippen molar-refractivity contribution in [2.24, 2.45) is 5.41 Å². The summed E-state index contributed by atoms with van der Waals surface area (Å²) in [6.07, 6.45) is 11.0. The third kappa shape index (κ3) is 10.3. The van der Waals surface area contributed by atoms with Gasteiger partial charge in [0.05, 0.1) is 46.2 Å². The standard InChI is InChI=1S/C31H30N6O3S.C5H12.C3H8/c1-20(38)31(11-12-31)28-16-23(9-13-32-28)22-7-4-8-24(15-22)27-19-41-30(35-27)34-26(21-5-3-6-21)17-33-29(39)25-10-14-37(18-25)36(2)40;1-5(2,3)4;1-3-2/h4,7-10,13-16,18-19H,3,5-6,11-12,17H2,1-2H3,(H-,33,34,35,39);1-4H3;3H2,1-2H3/p+1. The number of hydrogen-bond acceptors (Lipinski definition) is 7. The van der Waals surface area contributed by atoms with Gasteiger partial charge in [-0.1, -0.05) is 70.8 Å². The molecule has 9 nitrogen and oxygen atoms in total. The van der Waals surface area contributed by atoms with Crippen LogP contribution >= 0.6 is 11.3 Å².